The third-order valence-corrected chi connectivity index (χ3v) is 4.64. The van der Waals surface area contributed by atoms with Gasteiger partial charge in [0.1, 0.15) is 0 Å². The molecule has 3 heterocycles. The van der Waals surface area contributed by atoms with Gasteiger partial charge >= 0.3 is 0 Å². The number of aromatic nitrogens is 2. The Bertz CT molecular complexity index is 787. The largest absolute Gasteiger partial charge is 0.384 e. The molecule has 0 atom stereocenters. The Morgan fingerprint density at radius 1 is 1.26 bits per heavy atom. The summed E-state index contributed by atoms with van der Waals surface area (Å²) < 4.78 is 1.43. The van der Waals surface area contributed by atoms with Crippen LogP contribution in [0.5, 0.6) is 0 Å². The highest BCUT2D eigenvalue weighted by Gasteiger charge is 2.21. The van der Waals surface area contributed by atoms with Gasteiger partial charge < -0.3 is 5.32 Å². The molecule has 0 unspecified atom stereocenters. The predicted molar refractivity (Wildman–Crippen MR) is 93.2 cm³/mol. The summed E-state index contributed by atoms with van der Waals surface area (Å²) in [6.45, 7) is 3.75. The minimum atomic E-state index is -0.0251. The van der Waals surface area contributed by atoms with Crippen molar-refractivity contribution in [2.24, 2.45) is 7.05 Å². The van der Waals surface area contributed by atoms with Crippen LogP contribution in [0.25, 0.3) is 0 Å². The van der Waals surface area contributed by atoms with Gasteiger partial charge in [0.2, 0.25) is 0 Å². The molecule has 23 heavy (non-hydrogen) atoms. The van der Waals surface area contributed by atoms with Crippen molar-refractivity contribution >= 4 is 18.1 Å². The molecule has 122 valence electrons. The summed E-state index contributed by atoms with van der Waals surface area (Å²) >= 11 is 0. The fourth-order valence-electron chi connectivity index (χ4n) is 3.47. The molecule has 4 rings (SSSR count). The molecule has 1 aromatic carbocycles. The van der Waals surface area contributed by atoms with Gasteiger partial charge in [-0.05, 0) is 23.1 Å². The summed E-state index contributed by atoms with van der Waals surface area (Å²) in [6, 6.07) is 8.30. The first kappa shape index (κ1) is 16.0. The fraction of sp³-hybridized carbons (Fsp3) is 0.412. The number of anilines is 1. The number of benzene rings is 1. The van der Waals surface area contributed by atoms with E-state index in [0.29, 0.717) is 0 Å². The second-order valence-electron chi connectivity index (χ2n) is 6.17. The Hall–Kier alpha value is -1.85. The zero-order valence-electron chi connectivity index (χ0n) is 13.2. The molecule has 2 aliphatic rings. The molecule has 0 radical (unpaired) electrons. The SMILES string of the molecule is Cl.Cn1nc2c(cc1=O)CN(Cc1cccc3c1NCC3)CC2. The highest BCUT2D eigenvalue weighted by atomic mass is 35.5. The molecule has 0 saturated carbocycles. The van der Waals surface area contributed by atoms with Gasteiger partial charge in [-0.15, -0.1) is 12.4 Å². The summed E-state index contributed by atoms with van der Waals surface area (Å²) in [6.07, 6.45) is 2.03. The van der Waals surface area contributed by atoms with E-state index in [1.807, 2.05) is 0 Å². The highest BCUT2D eigenvalue weighted by molar-refractivity contribution is 5.85. The van der Waals surface area contributed by atoms with E-state index in [0.717, 1.165) is 50.3 Å². The number of hydrogen-bond acceptors (Lipinski definition) is 4. The van der Waals surface area contributed by atoms with Crippen molar-refractivity contribution in [2.45, 2.75) is 25.9 Å². The summed E-state index contributed by atoms with van der Waals surface area (Å²) in [5.41, 5.74) is 6.21. The van der Waals surface area contributed by atoms with Crippen LogP contribution in [0.4, 0.5) is 5.69 Å². The van der Waals surface area contributed by atoms with Crippen molar-refractivity contribution in [3.05, 3.63) is 57.0 Å². The van der Waals surface area contributed by atoms with Crippen LogP contribution in [-0.4, -0.2) is 27.8 Å². The third kappa shape index (κ3) is 2.99. The smallest absolute Gasteiger partial charge is 0.266 e. The number of rotatable bonds is 2. The Labute approximate surface area is 141 Å². The Kier molecular flexibility index (Phi) is 4.41. The average molecular weight is 333 g/mol. The standard InChI is InChI=1S/C17H20N4O.ClH/c1-20-16(22)9-14-11-21(8-6-15(14)19-20)10-13-4-2-3-12-5-7-18-17(12)13;/h2-4,9,18H,5-8,10-11H2,1H3;1H. The maximum absolute atomic E-state index is 11.8. The predicted octanol–water partition coefficient (Wildman–Crippen LogP) is 1.73. The van der Waals surface area contributed by atoms with E-state index in [2.05, 4.69) is 33.5 Å². The van der Waals surface area contributed by atoms with Gasteiger partial charge in [0.05, 0.1) is 5.69 Å². The van der Waals surface area contributed by atoms with Crippen LogP contribution in [0.1, 0.15) is 22.4 Å². The number of nitrogens with one attached hydrogen (secondary N) is 1. The van der Waals surface area contributed by atoms with E-state index < -0.39 is 0 Å². The molecule has 1 aromatic heterocycles. The Morgan fingerprint density at radius 2 is 2.13 bits per heavy atom. The Balaban J connectivity index is 0.00000156. The van der Waals surface area contributed by atoms with Gasteiger partial charge in [-0.3, -0.25) is 9.69 Å². The number of nitrogens with zero attached hydrogens (tertiary/aromatic N) is 3. The van der Waals surface area contributed by atoms with Gasteiger partial charge in [0, 0.05) is 51.4 Å². The lowest BCUT2D eigenvalue weighted by Crippen LogP contribution is -2.34. The maximum Gasteiger partial charge on any atom is 0.266 e. The summed E-state index contributed by atoms with van der Waals surface area (Å²) in [4.78, 5) is 14.2. The van der Waals surface area contributed by atoms with Crippen molar-refractivity contribution in [3.8, 4) is 0 Å². The van der Waals surface area contributed by atoms with Crippen molar-refractivity contribution < 1.29 is 0 Å². The van der Waals surface area contributed by atoms with E-state index in [1.165, 1.54) is 21.5 Å². The lowest BCUT2D eigenvalue weighted by Gasteiger charge is -2.28. The van der Waals surface area contributed by atoms with Crippen LogP contribution in [0.2, 0.25) is 0 Å². The van der Waals surface area contributed by atoms with Gasteiger partial charge in [-0.25, -0.2) is 4.68 Å². The first-order chi connectivity index (χ1) is 10.7. The number of aryl methyl sites for hydroxylation is 1. The quantitative estimate of drug-likeness (QED) is 0.910. The van der Waals surface area contributed by atoms with Crippen LogP contribution in [0, 0.1) is 0 Å². The van der Waals surface area contributed by atoms with E-state index >= 15 is 0 Å². The van der Waals surface area contributed by atoms with Gasteiger partial charge in [-0.2, -0.15) is 5.10 Å². The molecule has 0 fully saturated rings. The normalized spacial score (nSPS) is 16.2. The monoisotopic (exact) mass is 332 g/mol. The molecule has 0 amide bonds. The zero-order chi connectivity index (χ0) is 15.1. The first-order valence-electron chi connectivity index (χ1n) is 7.84. The molecule has 0 bridgehead atoms. The molecular weight excluding hydrogens is 312 g/mol. The van der Waals surface area contributed by atoms with Crippen LogP contribution in [0.3, 0.4) is 0 Å². The van der Waals surface area contributed by atoms with Crippen LogP contribution >= 0.6 is 12.4 Å². The zero-order valence-corrected chi connectivity index (χ0v) is 14.0. The average Bonchev–Trinajstić information content (AvgIpc) is 2.98. The topological polar surface area (TPSA) is 50.2 Å². The number of halogens is 1. The number of para-hydroxylation sites is 1. The van der Waals surface area contributed by atoms with Crippen molar-refractivity contribution in [2.75, 3.05) is 18.4 Å². The van der Waals surface area contributed by atoms with Crippen molar-refractivity contribution in [3.63, 3.8) is 0 Å². The molecule has 2 aliphatic heterocycles. The number of fused-ring (bicyclic) bond motifs is 2. The lowest BCUT2D eigenvalue weighted by atomic mass is 10.0. The molecule has 0 saturated heterocycles. The second kappa shape index (κ2) is 6.34. The van der Waals surface area contributed by atoms with Gasteiger partial charge in [0.15, 0.2) is 0 Å². The van der Waals surface area contributed by atoms with E-state index in [9.17, 15) is 4.79 Å². The highest BCUT2D eigenvalue weighted by Crippen LogP contribution is 2.28. The van der Waals surface area contributed by atoms with E-state index in [-0.39, 0.29) is 18.0 Å². The molecular formula is C17H21ClN4O. The third-order valence-electron chi connectivity index (χ3n) is 4.64. The van der Waals surface area contributed by atoms with Gasteiger partial charge in [0.25, 0.3) is 5.56 Å². The van der Waals surface area contributed by atoms with E-state index in [1.54, 1.807) is 13.1 Å². The van der Waals surface area contributed by atoms with Crippen LogP contribution < -0.4 is 10.9 Å². The molecule has 2 aromatic rings. The summed E-state index contributed by atoms with van der Waals surface area (Å²) in [5.74, 6) is 0. The lowest BCUT2D eigenvalue weighted by molar-refractivity contribution is 0.241. The molecule has 0 aliphatic carbocycles. The molecule has 6 heteroatoms. The Morgan fingerprint density at radius 3 is 3.00 bits per heavy atom. The molecule has 5 nitrogen and oxygen atoms in total. The van der Waals surface area contributed by atoms with Crippen molar-refractivity contribution in [1.82, 2.24) is 14.7 Å². The maximum atomic E-state index is 11.8. The van der Waals surface area contributed by atoms with Crippen LogP contribution in [-0.2, 0) is 33.0 Å². The summed E-state index contributed by atoms with van der Waals surface area (Å²) in [7, 11) is 1.72. The second-order valence-corrected chi connectivity index (χ2v) is 6.17. The van der Waals surface area contributed by atoms with E-state index in [4.69, 9.17) is 0 Å². The fourth-order valence-corrected chi connectivity index (χ4v) is 3.47. The summed E-state index contributed by atoms with van der Waals surface area (Å²) in [5, 5.41) is 7.88. The minimum Gasteiger partial charge on any atom is -0.384 e. The first-order valence-corrected chi connectivity index (χ1v) is 7.84. The van der Waals surface area contributed by atoms with Crippen molar-refractivity contribution in [1.29, 1.82) is 0 Å². The molecule has 1 N–H and O–H groups in total. The van der Waals surface area contributed by atoms with Crippen LogP contribution in [0.15, 0.2) is 29.1 Å². The molecule has 0 spiro atoms. The van der Waals surface area contributed by atoms with Gasteiger partial charge in [-0.1, -0.05) is 18.2 Å². The number of hydrogen-bond donors (Lipinski definition) is 1. The minimum absolute atomic E-state index is 0.